The van der Waals surface area contributed by atoms with E-state index in [0.717, 1.165) is 25.9 Å². The topological polar surface area (TPSA) is 44.3 Å². The van der Waals surface area contributed by atoms with Gasteiger partial charge in [0.05, 0.1) is 5.60 Å². The summed E-state index contributed by atoms with van der Waals surface area (Å²) in [5.74, 6) is 0. The number of hydrogen-bond acceptors (Lipinski definition) is 3. The Labute approximate surface area is 110 Å². The van der Waals surface area contributed by atoms with Gasteiger partial charge in [-0.3, -0.25) is 0 Å². The Morgan fingerprint density at radius 2 is 1.72 bits per heavy atom. The molecule has 0 saturated carbocycles. The van der Waals surface area contributed by atoms with Crippen molar-refractivity contribution in [1.82, 2.24) is 5.32 Å². The first-order chi connectivity index (χ1) is 8.50. The van der Waals surface area contributed by atoms with Crippen molar-refractivity contribution in [3.05, 3.63) is 28.8 Å². The number of piperidine rings is 1. The fourth-order valence-electron chi connectivity index (χ4n) is 2.78. The van der Waals surface area contributed by atoms with Crippen molar-refractivity contribution in [1.29, 1.82) is 0 Å². The van der Waals surface area contributed by atoms with Crippen LogP contribution in [-0.4, -0.2) is 30.3 Å². The molecular weight excluding hydrogens is 224 g/mol. The Morgan fingerprint density at radius 3 is 2.28 bits per heavy atom. The van der Waals surface area contributed by atoms with E-state index in [2.05, 4.69) is 43.5 Å². The van der Waals surface area contributed by atoms with Crippen LogP contribution in [0.2, 0.25) is 0 Å². The maximum absolute atomic E-state index is 10.5. The molecule has 1 aromatic carbocycles. The molecule has 0 aromatic heterocycles. The maximum Gasteiger partial charge on any atom is 0.0843 e. The molecule has 0 bridgehead atoms. The van der Waals surface area contributed by atoms with E-state index in [-0.39, 0.29) is 0 Å². The summed E-state index contributed by atoms with van der Waals surface area (Å²) < 4.78 is 0. The van der Waals surface area contributed by atoms with Gasteiger partial charge in [0.2, 0.25) is 0 Å². The first-order valence-electron chi connectivity index (χ1n) is 6.75. The van der Waals surface area contributed by atoms with Crippen LogP contribution in [-0.2, 0) is 0 Å². The Bertz CT molecular complexity index is 399. The van der Waals surface area contributed by atoms with Crippen molar-refractivity contribution >= 4 is 5.69 Å². The van der Waals surface area contributed by atoms with E-state index in [1.54, 1.807) is 0 Å². The lowest BCUT2D eigenvalue weighted by atomic mass is 9.92. The Kier molecular flexibility index (Phi) is 3.93. The SMILES string of the molecule is Cc1cc(C)c(NCC2(O)CCNCC2)c(C)c1. The first kappa shape index (κ1) is 13.4. The minimum atomic E-state index is -0.560. The van der Waals surface area contributed by atoms with Crippen molar-refractivity contribution in [3.8, 4) is 0 Å². The Morgan fingerprint density at radius 1 is 1.17 bits per heavy atom. The van der Waals surface area contributed by atoms with Gasteiger partial charge >= 0.3 is 0 Å². The van der Waals surface area contributed by atoms with Gasteiger partial charge in [0, 0.05) is 12.2 Å². The normalized spacial score (nSPS) is 18.7. The number of nitrogens with one attached hydrogen (secondary N) is 2. The molecule has 1 saturated heterocycles. The molecular formula is C15H24N2O. The zero-order valence-corrected chi connectivity index (χ0v) is 11.6. The lowest BCUT2D eigenvalue weighted by Crippen LogP contribution is -2.46. The van der Waals surface area contributed by atoms with Crippen LogP contribution in [0.1, 0.15) is 29.5 Å². The van der Waals surface area contributed by atoms with E-state index < -0.39 is 5.60 Å². The van der Waals surface area contributed by atoms with Crippen LogP contribution in [0.25, 0.3) is 0 Å². The standard InChI is InChI=1S/C15H24N2O/c1-11-8-12(2)14(13(3)9-11)17-10-15(18)4-6-16-7-5-15/h8-9,16-18H,4-7,10H2,1-3H3. The molecule has 1 heterocycles. The van der Waals surface area contributed by atoms with E-state index >= 15 is 0 Å². The Balaban J connectivity index is 2.06. The quantitative estimate of drug-likeness (QED) is 0.768. The number of hydrogen-bond donors (Lipinski definition) is 3. The first-order valence-corrected chi connectivity index (χ1v) is 6.75. The zero-order chi connectivity index (χ0) is 13.2. The number of aliphatic hydroxyl groups is 1. The second kappa shape index (κ2) is 5.29. The summed E-state index contributed by atoms with van der Waals surface area (Å²) in [5, 5.41) is 17.2. The molecule has 0 amide bonds. The third kappa shape index (κ3) is 3.03. The molecule has 1 fully saturated rings. The highest BCUT2D eigenvalue weighted by atomic mass is 16.3. The van der Waals surface area contributed by atoms with E-state index in [0.29, 0.717) is 6.54 Å². The molecule has 2 rings (SSSR count). The largest absolute Gasteiger partial charge is 0.388 e. The molecule has 1 aliphatic rings. The van der Waals surface area contributed by atoms with E-state index in [9.17, 15) is 5.11 Å². The number of aryl methyl sites for hydroxylation is 3. The molecule has 0 unspecified atom stereocenters. The summed E-state index contributed by atoms with van der Waals surface area (Å²) in [4.78, 5) is 0. The average molecular weight is 248 g/mol. The third-order valence-corrected chi connectivity index (χ3v) is 3.81. The highest BCUT2D eigenvalue weighted by molar-refractivity contribution is 5.58. The van der Waals surface area contributed by atoms with Gasteiger partial charge in [0.1, 0.15) is 0 Å². The molecule has 0 radical (unpaired) electrons. The van der Waals surface area contributed by atoms with Crippen LogP contribution in [0.5, 0.6) is 0 Å². The third-order valence-electron chi connectivity index (χ3n) is 3.81. The summed E-state index contributed by atoms with van der Waals surface area (Å²) in [5.41, 5.74) is 4.41. The average Bonchev–Trinajstić information content (AvgIpc) is 2.28. The molecule has 18 heavy (non-hydrogen) atoms. The number of rotatable bonds is 3. The smallest absolute Gasteiger partial charge is 0.0843 e. The highest BCUT2D eigenvalue weighted by Crippen LogP contribution is 2.24. The van der Waals surface area contributed by atoms with Gasteiger partial charge in [-0.25, -0.2) is 0 Å². The van der Waals surface area contributed by atoms with E-state index in [1.807, 2.05) is 0 Å². The lowest BCUT2D eigenvalue weighted by Gasteiger charge is -2.33. The Hall–Kier alpha value is -1.06. The summed E-state index contributed by atoms with van der Waals surface area (Å²) in [7, 11) is 0. The molecule has 3 nitrogen and oxygen atoms in total. The van der Waals surface area contributed by atoms with Crippen LogP contribution < -0.4 is 10.6 Å². The molecule has 0 aliphatic carbocycles. The molecule has 1 aliphatic heterocycles. The molecule has 0 atom stereocenters. The maximum atomic E-state index is 10.5. The van der Waals surface area contributed by atoms with Crippen molar-refractivity contribution in [2.24, 2.45) is 0 Å². The van der Waals surface area contributed by atoms with Gasteiger partial charge < -0.3 is 15.7 Å². The summed E-state index contributed by atoms with van der Waals surface area (Å²) in [6.07, 6.45) is 1.65. The zero-order valence-electron chi connectivity index (χ0n) is 11.6. The monoisotopic (exact) mass is 248 g/mol. The minimum Gasteiger partial charge on any atom is -0.388 e. The molecule has 3 N–H and O–H groups in total. The summed E-state index contributed by atoms with van der Waals surface area (Å²) in [6, 6.07) is 4.36. The van der Waals surface area contributed by atoms with Crippen LogP contribution in [0.4, 0.5) is 5.69 Å². The van der Waals surface area contributed by atoms with Crippen molar-refractivity contribution in [2.75, 3.05) is 25.0 Å². The molecule has 1 aromatic rings. The van der Waals surface area contributed by atoms with Gasteiger partial charge in [-0.1, -0.05) is 17.7 Å². The second-order valence-corrected chi connectivity index (χ2v) is 5.60. The summed E-state index contributed by atoms with van der Waals surface area (Å²) in [6.45, 7) is 8.81. The van der Waals surface area contributed by atoms with Crippen LogP contribution in [0, 0.1) is 20.8 Å². The number of benzene rings is 1. The van der Waals surface area contributed by atoms with Crippen LogP contribution in [0.3, 0.4) is 0 Å². The molecule has 100 valence electrons. The lowest BCUT2D eigenvalue weighted by molar-refractivity contribution is 0.0232. The van der Waals surface area contributed by atoms with E-state index in [1.165, 1.54) is 22.4 Å². The van der Waals surface area contributed by atoms with E-state index in [4.69, 9.17) is 0 Å². The summed E-state index contributed by atoms with van der Waals surface area (Å²) >= 11 is 0. The fourth-order valence-corrected chi connectivity index (χ4v) is 2.78. The van der Waals surface area contributed by atoms with Crippen molar-refractivity contribution in [2.45, 2.75) is 39.2 Å². The number of anilines is 1. The van der Waals surface area contributed by atoms with Crippen molar-refractivity contribution < 1.29 is 5.11 Å². The van der Waals surface area contributed by atoms with Gasteiger partial charge in [-0.15, -0.1) is 0 Å². The van der Waals surface area contributed by atoms with Gasteiger partial charge in [0.25, 0.3) is 0 Å². The van der Waals surface area contributed by atoms with Crippen LogP contribution in [0.15, 0.2) is 12.1 Å². The predicted octanol–water partition coefficient (Wildman–Crippen LogP) is 2.14. The predicted molar refractivity (Wildman–Crippen MR) is 76.2 cm³/mol. The van der Waals surface area contributed by atoms with Crippen LogP contribution >= 0.6 is 0 Å². The van der Waals surface area contributed by atoms with Gasteiger partial charge in [-0.2, -0.15) is 0 Å². The second-order valence-electron chi connectivity index (χ2n) is 5.60. The molecule has 0 spiro atoms. The minimum absolute atomic E-state index is 0.560. The highest BCUT2D eigenvalue weighted by Gasteiger charge is 2.28. The fraction of sp³-hybridized carbons (Fsp3) is 0.600. The van der Waals surface area contributed by atoms with Gasteiger partial charge in [0.15, 0.2) is 0 Å². The van der Waals surface area contributed by atoms with Crippen molar-refractivity contribution in [3.63, 3.8) is 0 Å². The molecule has 3 heteroatoms. The van der Waals surface area contributed by atoms with Gasteiger partial charge in [-0.05, 0) is 57.8 Å².